The van der Waals surface area contributed by atoms with E-state index in [0.717, 1.165) is 83.3 Å². The second kappa shape index (κ2) is 11.2. The number of nitrogens with zero attached hydrogens (tertiary/aromatic N) is 2. The molecule has 0 bridgehead atoms. The number of fused-ring (bicyclic) bond motifs is 9. The Kier molecular flexibility index (Phi) is 6.22. The van der Waals surface area contributed by atoms with E-state index in [2.05, 4.69) is 167 Å². The monoisotopic (exact) mass is 666 g/mol. The van der Waals surface area contributed by atoms with Gasteiger partial charge in [-0.1, -0.05) is 109 Å². The van der Waals surface area contributed by atoms with Crippen LogP contribution in [0.4, 0.5) is 17.1 Å². The Labute approximate surface area is 299 Å². The third-order valence-electron chi connectivity index (χ3n) is 10.4. The van der Waals surface area contributed by atoms with Gasteiger partial charge in [0.2, 0.25) is 0 Å². The van der Waals surface area contributed by atoms with Gasteiger partial charge in [0.15, 0.2) is 5.58 Å². The van der Waals surface area contributed by atoms with E-state index in [1.165, 1.54) is 16.3 Å². The van der Waals surface area contributed by atoms with Gasteiger partial charge in [-0.15, -0.1) is 0 Å². The Morgan fingerprint density at radius 1 is 0.365 bits per heavy atom. The van der Waals surface area contributed by atoms with Crippen LogP contribution in [-0.2, 0) is 0 Å². The third kappa shape index (κ3) is 4.34. The quantitative estimate of drug-likeness (QED) is 0.183. The van der Waals surface area contributed by atoms with Crippen LogP contribution < -0.4 is 4.90 Å². The Morgan fingerprint density at radius 3 is 1.81 bits per heavy atom. The summed E-state index contributed by atoms with van der Waals surface area (Å²) in [6.07, 6.45) is 0. The predicted molar refractivity (Wildman–Crippen MR) is 215 cm³/mol. The number of hydrogen-bond donors (Lipinski definition) is 0. The average Bonchev–Trinajstić information content (AvgIpc) is 3.88. The fraction of sp³-hybridized carbons (Fsp3) is 0. The summed E-state index contributed by atoms with van der Waals surface area (Å²) in [4.78, 5) is 2.33. The van der Waals surface area contributed by atoms with E-state index in [1.54, 1.807) is 0 Å². The van der Waals surface area contributed by atoms with Crippen LogP contribution in [0.15, 0.2) is 191 Å². The highest BCUT2D eigenvalue weighted by Gasteiger charge is 2.21. The molecule has 0 unspecified atom stereocenters. The van der Waals surface area contributed by atoms with Crippen LogP contribution in [0.3, 0.4) is 0 Å². The Bertz CT molecular complexity index is 3130. The van der Waals surface area contributed by atoms with Crippen LogP contribution in [0.25, 0.3) is 82.5 Å². The van der Waals surface area contributed by atoms with E-state index in [-0.39, 0.29) is 0 Å². The molecule has 8 aromatic carbocycles. The summed E-state index contributed by atoms with van der Waals surface area (Å²) >= 11 is 0. The van der Waals surface area contributed by atoms with Gasteiger partial charge in [0, 0.05) is 49.4 Å². The Morgan fingerprint density at radius 2 is 0.981 bits per heavy atom. The van der Waals surface area contributed by atoms with Gasteiger partial charge in [-0.3, -0.25) is 0 Å². The SMILES string of the molecule is c1ccc(-n2c3ccccc3c3ccc(N(c4ccc(-c5ccc6oc7ccccc7c6c5)cc4)c4cccc5c4oc4ccccc45)cc32)cc1. The first-order valence-corrected chi connectivity index (χ1v) is 17.6. The third-order valence-corrected chi connectivity index (χ3v) is 10.4. The highest BCUT2D eigenvalue weighted by atomic mass is 16.3. The van der Waals surface area contributed by atoms with Gasteiger partial charge in [-0.2, -0.15) is 0 Å². The fourth-order valence-electron chi connectivity index (χ4n) is 8.00. The van der Waals surface area contributed by atoms with Crippen molar-refractivity contribution < 1.29 is 8.83 Å². The van der Waals surface area contributed by atoms with Crippen molar-refractivity contribution in [3.63, 3.8) is 0 Å². The largest absolute Gasteiger partial charge is 0.456 e. The number of rotatable bonds is 5. The molecule has 0 radical (unpaired) electrons. The second-order valence-corrected chi connectivity index (χ2v) is 13.3. The van der Waals surface area contributed by atoms with Gasteiger partial charge in [0.25, 0.3) is 0 Å². The van der Waals surface area contributed by atoms with Crippen LogP contribution in [0, 0.1) is 0 Å². The van der Waals surface area contributed by atoms with Crippen molar-refractivity contribution in [1.29, 1.82) is 0 Å². The molecular formula is C48H30N2O2. The zero-order valence-electron chi connectivity index (χ0n) is 28.0. The van der Waals surface area contributed by atoms with Gasteiger partial charge >= 0.3 is 0 Å². The summed E-state index contributed by atoms with van der Waals surface area (Å²) in [6.45, 7) is 0. The molecule has 11 aromatic rings. The number of furan rings is 2. The van der Waals surface area contributed by atoms with Gasteiger partial charge < -0.3 is 18.3 Å². The predicted octanol–water partition coefficient (Wildman–Crippen LogP) is 13.7. The molecule has 0 fully saturated rings. The molecule has 3 heterocycles. The van der Waals surface area contributed by atoms with E-state index in [0.29, 0.717) is 0 Å². The molecule has 0 amide bonds. The zero-order chi connectivity index (χ0) is 34.2. The molecule has 0 spiro atoms. The van der Waals surface area contributed by atoms with E-state index in [9.17, 15) is 0 Å². The molecule has 0 aliphatic carbocycles. The van der Waals surface area contributed by atoms with Crippen LogP contribution in [-0.4, -0.2) is 4.57 Å². The van der Waals surface area contributed by atoms with Crippen LogP contribution in [0.5, 0.6) is 0 Å². The lowest BCUT2D eigenvalue weighted by Gasteiger charge is -2.26. The lowest BCUT2D eigenvalue weighted by molar-refractivity contribution is 0.668. The van der Waals surface area contributed by atoms with Crippen LogP contribution in [0.2, 0.25) is 0 Å². The minimum absolute atomic E-state index is 0.855. The zero-order valence-corrected chi connectivity index (χ0v) is 28.0. The molecular weight excluding hydrogens is 637 g/mol. The fourth-order valence-corrected chi connectivity index (χ4v) is 8.00. The minimum atomic E-state index is 0.855. The highest BCUT2D eigenvalue weighted by molar-refractivity contribution is 6.13. The molecule has 11 rings (SSSR count). The lowest BCUT2D eigenvalue weighted by Crippen LogP contribution is -2.10. The van der Waals surface area contributed by atoms with Gasteiger partial charge in [0.05, 0.1) is 16.7 Å². The molecule has 0 aliphatic heterocycles. The Hall–Kier alpha value is -7.04. The molecule has 52 heavy (non-hydrogen) atoms. The molecule has 0 aliphatic rings. The standard InChI is InChI=1S/C48H30N2O2/c1-2-11-33(12-3-1)50-42-17-7-4-13-36(42)37-27-26-35(30-44(37)50)49(43-18-10-16-40-38-14-5-9-20-46(38)52-48(40)43)34-24-21-31(22-25-34)32-23-28-47-41(29-32)39-15-6-8-19-45(39)51-47/h1-30H. The smallest absolute Gasteiger partial charge is 0.159 e. The number of benzene rings is 8. The molecule has 244 valence electrons. The van der Waals surface area contributed by atoms with Gasteiger partial charge in [-0.25, -0.2) is 0 Å². The summed E-state index contributed by atoms with van der Waals surface area (Å²) in [5.74, 6) is 0. The summed E-state index contributed by atoms with van der Waals surface area (Å²) < 4.78 is 15.1. The van der Waals surface area contributed by atoms with Crippen molar-refractivity contribution in [3.8, 4) is 16.8 Å². The average molecular weight is 667 g/mol. The summed E-state index contributed by atoms with van der Waals surface area (Å²) in [5, 5.41) is 6.89. The molecule has 3 aromatic heterocycles. The molecule has 0 atom stereocenters. The van der Waals surface area contributed by atoms with E-state index in [1.807, 2.05) is 24.3 Å². The molecule has 0 saturated carbocycles. The molecule has 4 heteroatoms. The highest BCUT2D eigenvalue weighted by Crippen LogP contribution is 2.44. The maximum absolute atomic E-state index is 6.64. The first-order chi connectivity index (χ1) is 25.8. The van der Waals surface area contributed by atoms with E-state index >= 15 is 0 Å². The second-order valence-electron chi connectivity index (χ2n) is 13.3. The molecule has 0 N–H and O–H groups in total. The topological polar surface area (TPSA) is 34.5 Å². The normalized spacial score (nSPS) is 11.8. The molecule has 4 nitrogen and oxygen atoms in total. The van der Waals surface area contributed by atoms with Crippen molar-refractivity contribution in [2.75, 3.05) is 4.90 Å². The lowest BCUT2D eigenvalue weighted by atomic mass is 10.0. The van der Waals surface area contributed by atoms with Crippen molar-refractivity contribution in [3.05, 3.63) is 182 Å². The first kappa shape index (κ1) is 28.8. The van der Waals surface area contributed by atoms with E-state index in [4.69, 9.17) is 8.83 Å². The van der Waals surface area contributed by atoms with Gasteiger partial charge in [-0.05, 0) is 83.9 Å². The van der Waals surface area contributed by atoms with Crippen LogP contribution in [0.1, 0.15) is 0 Å². The van der Waals surface area contributed by atoms with Gasteiger partial charge in [0.1, 0.15) is 16.7 Å². The van der Waals surface area contributed by atoms with Crippen molar-refractivity contribution in [2.24, 2.45) is 0 Å². The number of anilines is 3. The Balaban J connectivity index is 1.12. The van der Waals surface area contributed by atoms with Crippen molar-refractivity contribution in [2.45, 2.75) is 0 Å². The summed E-state index contributed by atoms with van der Waals surface area (Å²) in [6, 6.07) is 64.3. The maximum atomic E-state index is 6.64. The van der Waals surface area contributed by atoms with Crippen molar-refractivity contribution in [1.82, 2.24) is 4.57 Å². The number of aromatic nitrogens is 1. The number of para-hydroxylation sites is 5. The molecule has 0 saturated heterocycles. The summed E-state index contributed by atoms with van der Waals surface area (Å²) in [5.41, 5.74) is 12.3. The first-order valence-electron chi connectivity index (χ1n) is 17.6. The van der Waals surface area contributed by atoms with Crippen molar-refractivity contribution >= 4 is 82.7 Å². The number of hydrogen-bond acceptors (Lipinski definition) is 3. The van der Waals surface area contributed by atoms with Crippen LogP contribution >= 0.6 is 0 Å². The van der Waals surface area contributed by atoms with E-state index < -0.39 is 0 Å². The summed E-state index contributed by atoms with van der Waals surface area (Å²) in [7, 11) is 0. The minimum Gasteiger partial charge on any atom is -0.456 e. The maximum Gasteiger partial charge on any atom is 0.159 e.